The topological polar surface area (TPSA) is 41.6 Å². The molecule has 0 aromatic carbocycles. The lowest BCUT2D eigenvalue weighted by atomic mass is 10.1. The first-order valence-corrected chi connectivity index (χ1v) is 6.67. The fraction of sp³-hybridized carbons (Fsp3) is 0.923. The molecule has 0 radical (unpaired) electrons. The smallest absolute Gasteiger partial charge is 0.241 e. The Labute approximate surface area is 105 Å². The van der Waals surface area contributed by atoms with Crippen LogP contribution in [-0.4, -0.2) is 43.3 Å². The molecule has 1 heterocycles. The van der Waals surface area contributed by atoms with Gasteiger partial charge in [-0.25, -0.2) is 0 Å². The van der Waals surface area contributed by atoms with Crippen LogP contribution >= 0.6 is 0 Å². The van der Waals surface area contributed by atoms with E-state index in [9.17, 15) is 4.79 Å². The summed E-state index contributed by atoms with van der Waals surface area (Å²) < 4.78 is 5.03. The van der Waals surface area contributed by atoms with Gasteiger partial charge in [-0.3, -0.25) is 10.1 Å². The van der Waals surface area contributed by atoms with Crippen LogP contribution < -0.4 is 5.32 Å². The summed E-state index contributed by atoms with van der Waals surface area (Å²) >= 11 is 0. The highest BCUT2D eigenvalue weighted by Gasteiger charge is 2.38. The number of methoxy groups -OCH3 is 1. The number of carbonyl (C=O) groups is 1. The molecule has 17 heavy (non-hydrogen) atoms. The van der Waals surface area contributed by atoms with E-state index in [2.05, 4.69) is 26.1 Å². The minimum Gasteiger partial charge on any atom is -0.385 e. The number of nitrogens with one attached hydrogen (secondary N) is 1. The molecule has 0 bridgehead atoms. The molecule has 0 aliphatic carbocycles. The largest absolute Gasteiger partial charge is 0.385 e. The molecule has 1 saturated heterocycles. The molecular formula is C13H26N2O2. The predicted molar refractivity (Wildman–Crippen MR) is 68.7 cm³/mol. The van der Waals surface area contributed by atoms with Crippen LogP contribution in [0.1, 0.15) is 40.0 Å². The number of unbranched alkanes of at least 4 members (excludes halogenated alkanes) is 1. The summed E-state index contributed by atoms with van der Waals surface area (Å²) in [6, 6.07) is 0.0184. The number of carbonyl (C=O) groups excluding carboxylic acids is 1. The van der Waals surface area contributed by atoms with Gasteiger partial charge in [0.1, 0.15) is 0 Å². The van der Waals surface area contributed by atoms with Gasteiger partial charge in [-0.2, -0.15) is 0 Å². The van der Waals surface area contributed by atoms with Crippen LogP contribution in [-0.2, 0) is 9.53 Å². The van der Waals surface area contributed by atoms with Crippen LogP contribution in [0.4, 0.5) is 0 Å². The molecule has 0 spiro atoms. The van der Waals surface area contributed by atoms with E-state index < -0.39 is 0 Å². The van der Waals surface area contributed by atoms with Crippen LogP contribution in [0, 0.1) is 5.92 Å². The normalized spacial score (nSPS) is 25.0. The number of hydrogen-bond acceptors (Lipinski definition) is 3. The van der Waals surface area contributed by atoms with Crippen molar-refractivity contribution in [1.29, 1.82) is 0 Å². The maximum Gasteiger partial charge on any atom is 0.241 e. The van der Waals surface area contributed by atoms with Crippen molar-refractivity contribution < 1.29 is 9.53 Å². The SMILES string of the molecule is CCC1NC(C(C)C)N(CCCCOC)C1=O. The first-order valence-electron chi connectivity index (χ1n) is 6.67. The zero-order chi connectivity index (χ0) is 12.8. The lowest BCUT2D eigenvalue weighted by molar-refractivity contribution is -0.130. The van der Waals surface area contributed by atoms with Gasteiger partial charge in [-0.1, -0.05) is 20.8 Å². The van der Waals surface area contributed by atoms with Crippen molar-refractivity contribution in [3.05, 3.63) is 0 Å². The van der Waals surface area contributed by atoms with Gasteiger partial charge in [0.15, 0.2) is 0 Å². The number of nitrogens with zero attached hydrogens (tertiary/aromatic N) is 1. The van der Waals surface area contributed by atoms with E-state index in [0.717, 1.165) is 32.4 Å². The highest BCUT2D eigenvalue weighted by Crippen LogP contribution is 2.19. The van der Waals surface area contributed by atoms with Gasteiger partial charge in [0.05, 0.1) is 12.2 Å². The monoisotopic (exact) mass is 242 g/mol. The van der Waals surface area contributed by atoms with Gasteiger partial charge in [0, 0.05) is 20.3 Å². The second-order valence-corrected chi connectivity index (χ2v) is 5.05. The zero-order valence-electron chi connectivity index (χ0n) is 11.5. The molecule has 1 amide bonds. The minimum absolute atomic E-state index is 0.0184. The van der Waals surface area contributed by atoms with Crippen molar-refractivity contribution in [2.24, 2.45) is 5.92 Å². The van der Waals surface area contributed by atoms with E-state index in [1.54, 1.807) is 7.11 Å². The van der Waals surface area contributed by atoms with Crippen LogP contribution in [0.3, 0.4) is 0 Å². The second kappa shape index (κ2) is 6.97. The molecule has 0 saturated carbocycles. The molecule has 4 nitrogen and oxygen atoms in total. The summed E-state index contributed by atoms with van der Waals surface area (Å²) in [5.74, 6) is 0.724. The Balaban J connectivity index is 2.50. The maximum atomic E-state index is 12.1. The van der Waals surface area contributed by atoms with Gasteiger partial charge in [-0.15, -0.1) is 0 Å². The van der Waals surface area contributed by atoms with Crippen molar-refractivity contribution in [2.75, 3.05) is 20.3 Å². The lowest BCUT2D eigenvalue weighted by Gasteiger charge is -2.27. The van der Waals surface area contributed by atoms with E-state index in [0.29, 0.717) is 5.92 Å². The summed E-state index contributed by atoms with van der Waals surface area (Å²) in [4.78, 5) is 14.2. The number of rotatable bonds is 7. The molecule has 2 unspecified atom stereocenters. The fourth-order valence-electron chi connectivity index (χ4n) is 2.33. The molecule has 0 aromatic heterocycles. The highest BCUT2D eigenvalue weighted by atomic mass is 16.5. The Morgan fingerprint density at radius 3 is 2.65 bits per heavy atom. The molecule has 1 N–H and O–H groups in total. The van der Waals surface area contributed by atoms with Gasteiger partial charge in [0.2, 0.25) is 5.91 Å². The number of hydrogen-bond donors (Lipinski definition) is 1. The van der Waals surface area contributed by atoms with Crippen LogP contribution in [0.25, 0.3) is 0 Å². The Morgan fingerprint density at radius 2 is 2.12 bits per heavy atom. The van der Waals surface area contributed by atoms with E-state index in [1.807, 2.05) is 4.90 Å². The summed E-state index contributed by atoms with van der Waals surface area (Å²) in [5.41, 5.74) is 0. The van der Waals surface area contributed by atoms with Gasteiger partial charge < -0.3 is 9.64 Å². The Kier molecular flexibility index (Phi) is 5.92. The van der Waals surface area contributed by atoms with E-state index in [4.69, 9.17) is 4.74 Å². The lowest BCUT2D eigenvalue weighted by Crippen LogP contribution is -2.42. The molecule has 0 aromatic rings. The standard InChI is InChI=1S/C13H26N2O2/c1-5-11-13(16)15(8-6-7-9-17-4)12(14-11)10(2)3/h10-12,14H,5-9H2,1-4H3. The summed E-state index contributed by atoms with van der Waals surface area (Å²) in [7, 11) is 1.71. The third kappa shape index (κ3) is 3.68. The van der Waals surface area contributed by atoms with Gasteiger partial charge in [-0.05, 0) is 25.2 Å². The fourth-order valence-corrected chi connectivity index (χ4v) is 2.33. The Morgan fingerprint density at radius 1 is 1.41 bits per heavy atom. The van der Waals surface area contributed by atoms with Crippen molar-refractivity contribution >= 4 is 5.91 Å². The average Bonchev–Trinajstić information content (AvgIpc) is 2.62. The molecule has 1 aliphatic rings. The highest BCUT2D eigenvalue weighted by molar-refractivity contribution is 5.84. The molecule has 1 aliphatic heterocycles. The van der Waals surface area contributed by atoms with Crippen molar-refractivity contribution in [1.82, 2.24) is 10.2 Å². The minimum atomic E-state index is 0.0184. The molecular weight excluding hydrogens is 216 g/mol. The van der Waals surface area contributed by atoms with Crippen molar-refractivity contribution in [2.45, 2.75) is 52.2 Å². The third-order valence-electron chi connectivity index (χ3n) is 3.33. The van der Waals surface area contributed by atoms with E-state index >= 15 is 0 Å². The summed E-state index contributed by atoms with van der Waals surface area (Å²) in [6.07, 6.45) is 3.11. The first-order chi connectivity index (χ1) is 8.11. The predicted octanol–water partition coefficient (Wildman–Crippen LogP) is 1.61. The Hall–Kier alpha value is -0.610. The van der Waals surface area contributed by atoms with Crippen molar-refractivity contribution in [3.8, 4) is 0 Å². The third-order valence-corrected chi connectivity index (χ3v) is 3.33. The molecule has 4 heteroatoms. The van der Waals surface area contributed by atoms with Crippen LogP contribution in [0.15, 0.2) is 0 Å². The second-order valence-electron chi connectivity index (χ2n) is 5.05. The van der Waals surface area contributed by atoms with Gasteiger partial charge in [0.25, 0.3) is 0 Å². The average molecular weight is 242 g/mol. The van der Waals surface area contributed by atoms with E-state index in [-0.39, 0.29) is 18.1 Å². The molecule has 2 atom stereocenters. The Bertz CT molecular complexity index is 244. The quantitative estimate of drug-likeness (QED) is 0.690. The van der Waals surface area contributed by atoms with Crippen LogP contribution in [0.2, 0.25) is 0 Å². The number of amides is 1. The first kappa shape index (κ1) is 14.5. The summed E-state index contributed by atoms with van der Waals surface area (Å²) in [5, 5.41) is 3.43. The molecule has 1 rings (SSSR count). The molecule has 100 valence electrons. The summed E-state index contributed by atoms with van der Waals surface area (Å²) in [6.45, 7) is 7.99. The maximum absolute atomic E-state index is 12.1. The van der Waals surface area contributed by atoms with Crippen molar-refractivity contribution in [3.63, 3.8) is 0 Å². The van der Waals surface area contributed by atoms with Crippen LogP contribution in [0.5, 0.6) is 0 Å². The number of ether oxygens (including phenoxy) is 1. The molecule has 1 fully saturated rings. The van der Waals surface area contributed by atoms with E-state index in [1.165, 1.54) is 0 Å². The zero-order valence-corrected chi connectivity index (χ0v) is 11.5. The van der Waals surface area contributed by atoms with Gasteiger partial charge >= 0.3 is 0 Å².